The third kappa shape index (κ3) is 5.39. The lowest BCUT2D eigenvalue weighted by molar-refractivity contribution is -0.147. The van der Waals surface area contributed by atoms with Crippen molar-refractivity contribution in [2.75, 3.05) is 4.43 Å². The van der Waals surface area contributed by atoms with E-state index in [1.807, 2.05) is 0 Å². The summed E-state index contributed by atoms with van der Waals surface area (Å²) < 4.78 is 0.0984. The first-order valence-corrected chi connectivity index (χ1v) is 4.80. The van der Waals surface area contributed by atoms with Crippen LogP contribution in [0.3, 0.4) is 0 Å². The van der Waals surface area contributed by atoms with Crippen LogP contribution in [0.2, 0.25) is 0 Å². The fourth-order valence-corrected chi connectivity index (χ4v) is 0.828. The second kappa shape index (κ2) is 5.73. The van der Waals surface area contributed by atoms with Crippen LogP contribution in [0.25, 0.3) is 0 Å². The number of carbonyl (C=O) groups is 3. The minimum Gasteiger partial charge on any atom is -0.481 e. The Morgan fingerprint density at radius 1 is 1.31 bits per heavy atom. The molecule has 1 unspecified atom stereocenters. The van der Waals surface area contributed by atoms with Gasteiger partial charge in [0.2, 0.25) is 5.91 Å². The van der Waals surface area contributed by atoms with Crippen LogP contribution in [0, 0.1) is 0 Å². The molecule has 1 amide bonds. The Kier molecular flexibility index (Phi) is 5.35. The smallest absolute Gasteiger partial charge is 0.326 e. The van der Waals surface area contributed by atoms with Crippen molar-refractivity contribution < 1.29 is 24.6 Å². The van der Waals surface area contributed by atoms with Gasteiger partial charge in [-0.3, -0.25) is 9.59 Å². The van der Waals surface area contributed by atoms with E-state index >= 15 is 0 Å². The molecule has 3 N–H and O–H groups in total. The summed E-state index contributed by atoms with van der Waals surface area (Å²) in [5.74, 6) is -3.10. The van der Waals surface area contributed by atoms with Crippen LogP contribution in [0.4, 0.5) is 0 Å². The number of alkyl halides is 1. The molecule has 0 saturated heterocycles. The maximum Gasteiger partial charge on any atom is 0.326 e. The zero-order valence-electron chi connectivity index (χ0n) is 6.49. The van der Waals surface area contributed by atoms with Gasteiger partial charge in [-0.1, -0.05) is 22.6 Å². The molecule has 74 valence electrons. The van der Waals surface area contributed by atoms with Crippen LogP contribution in [0.1, 0.15) is 6.42 Å². The molecular weight excluding hydrogens is 293 g/mol. The molecule has 0 fully saturated rings. The number of amides is 1. The summed E-state index contributed by atoms with van der Waals surface area (Å²) in [7, 11) is 0. The molecule has 0 aromatic carbocycles. The highest BCUT2D eigenvalue weighted by Gasteiger charge is 2.22. The van der Waals surface area contributed by atoms with E-state index in [0.717, 1.165) is 0 Å². The number of carboxylic acid groups (broad SMARTS) is 2. The number of aliphatic carboxylic acids is 2. The number of carboxylic acids is 2. The Labute approximate surface area is 87.4 Å². The van der Waals surface area contributed by atoms with Crippen molar-refractivity contribution in [3.63, 3.8) is 0 Å². The Balaban J connectivity index is 4.18. The van der Waals surface area contributed by atoms with Gasteiger partial charge in [-0.05, 0) is 0 Å². The van der Waals surface area contributed by atoms with Crippen LogP contribution in [0.15, 0.2) is 0 Å². The van der Waals surface area contributed by atoms with E-state index in [0.29, 0.717) is 0 Å². The predicted molar refractivity (Wildman–Crippen MR) is 50.7 cm³/mol. The van der Waals surface area contributed by atoms with E-state index in [4.69, 9.17) is 10.2 Å². The van der Waals surface area contributed by atoms with E-state index in [2.05, 4.69) is 5.32 Å². The largest absolute Gasteiger partial charge is 0.481 e. The number of hydrogen-bond acceptors (Lipinski definition) is 3. The van der Waals surface area contributed by atoms with Crippen LogP contribution < -0.4 is 5.32 Å². The molecular formula is C6H8INO5. The minimum atomic E-state index is -1.35. The molecule has 6 nitrogen and oxygen atoms in total. The van der Waals surface area contributed by atoms with Crippen molar-refractivity contribution >= 4 is 40.4 Å². The summed E-state index contributed by atoms with van der Waals surface area (Å²) in [5.41, 5.74) is 0. The summed E-state index contributed by atoms with van der Waals surface area (Å²) in [6.45, 7) is 0. The number of rotatable bonds is 5. The molecule has 0 aromatic rings. The lowest BCUT2D eigenvalue weighted by atomic mass is 10.2. The number of hydrogen-bond donors (Lipinski definition) is 3. The molecule has 0 spiro atoms. The molecule has 7 heteroatoms. The highest BCUT2D eigenvalue weighted by Crippen LogP contribution is 1.93. The molecule has 0 heterocycles. The number of halogens is 1. The Bertz CT molecular complexity index is 229. The molecule has 0 aromatic heterocycles. The van der Waals surface area contributed by atoms with Crippen molar-refractivity contribution in [1.29, 1.82) is 0 Å². The second-order valence-electron chi connectivity index (χ2n) is 2.19. The summed E-state index contributed by atoms with van der Waals surface area (Å²) in [6, 6.07) is -1.35. The summed E-state index contributed by atoms with van der Waals surface area (Å²) in [6.07, 6.45) is -0.613. The fraction of sp³-hybridized carbons (Fsp3) is 0.500. The first-order valence-electron chi connectivity index (χ1n) is 3.27. The average Bonchev–Trinajstić information content (AvgIpc) is 2.02. The third-order valence-corrected chi connectivity index (χ3v) is 1.83. The highest BCUT2D eigenvalue weighted by atomic mass is 127. The van der Waals surface area contributed by atoms with Gasteiger partial charge in [-0.2, -0.15) is 0 Å². The normalized spacial score (nSPS) is 11.8. The van der Waals surface area contributed by atoms with E-state index in [9.17, 15) is 14.4 Å². The van der Waals surface area contributed by atoms with Gasteiger partial charge in [0.15, 0.2) is 0 Å². The topological polar surface area (TPSA) is 104 Å². The van der Waals surface area contributed by atoms with Gasteiger partial charge in [0.1, 0.15) is 6.04 Å². The maximum absolute atomic E-state index is 10.7. The Morgan fingerprint density at radius 3 is 2.15 bits per heavy atom. The first-order chi connectivity index (χ1) is 5.97. The average molecular weight is 301 g/mol. The van der Waals surface area contributed by atoms with Crippen LogP contribution in [0.5, 0.6) is 0 Å². The van der Waals surface area contributed by atoms with E-state index < -0.39 is 30.3 Å². The van der Waals surface area contributed by atoms with E-state index in [1.54, 1.807) is 22.6 Å². The first kappa shape index (κ1) is 12.1. The molecule has 0 radical (unpaired) electrons. The van der Waals surface area contributed by atoms with Gasteiger partial charge in [0.25, 0.3) is 0 Å². The molecule has 1 atom stereocenters. The van der Waals surface area contributed by atoms with Crippen LogP contribution >= 0.6 is 22.6 Å². The van der Waals surface area contributed by atoms with Crippen LogP contribution in [-0.2, 0) is 14.4 Å². The summed E-state index contributed by atoms with van der Waals surface area (Å²) in [5, 5.41) is 18.9. The van der Waals surface area contributed by atoms with Gasteiger partial charge in [0.05, 0.1) is 10.8 Å². The van der Waals surface area contributed by atoms with Crippen molar-refractivity contribution in [1.82, 2.24) is 5.32 Å². The third-order valence-electron chi connectivity index (χ3n) is 1.13. The Morgan fingerprint density at radius 2 is 1.85 bits per heavy atom. The molecule has 0 aliphatic heterocycles. The SMILES string of the molecule is O=C(O)CC(NC(=O)CI)C(=O)O. The number of nitrogens with one attached hydrogen (secondary N) is 1. The Hall–Kier alpha value is -0.860. The van der Waals surface area contributed by atoms with E-state index in [1.165, 1.54) is 0 Å². The van der Waals surface area contributed by atoms with E-state index in [-0.39, 0.29) is 4.43 Å². The van der Waals surface area contributed by atoms with Gasteiger partial charge < -0.3 is 15.5 Å². The van der Waals surface area contributed by atoms with Crippen molar-refractivity contribution in [2.45, 2.75) is 12.5 Å². The van der Waals surface area contributed by atoms with Gasteiger partial charge in [0, 0.05) is 0 Å². The van der Waals surface area contributed by atoms with Crippen LogP contribution in [-0.4, -0.2) is 38.5 Å². The van der Waals surface area contributed by atoms with Gasteiger partial charge >= 0.3 is 11.9 Å². The van der Waals surface area contributed by atoms with Crippen molar-refractivity contribution in [3.8, 4) is 0 Å². The molecule has 0 aliphatic rings. The summed E-state index contributed by atoms with van der Waals surface area (Å²) in [4.78, 5) is 31.3. The lowest BCUT2D eigenvalue weighted by Gasteiger charge is -2.10. The maximum atomic E-state index is 10.7. The number of carbonyl (C=O) groups excluding carboxylic acids is 1. The molecule has 0 bridgehead atoms. The van der Waals surface area contributed by atoms with Crippen molar-refractivity contribution in [3.05, 3.63) is 0 Å². The summed E-state index contributed by atoms with van der Waals surface area (Å²) >= 11 is 1.75. The quantitative estimate of drug-likeness (QED) is 0.467. The monoisotopic (exact) mass is 301 g/mol. The van der Waals surface area contributed by atoms with Gasteiger partial charge in [-0.15, -0.1) is 0 Å². The highest BCUT2D eigenvalue weighted by molar-refractivity contribution is 14.1. The fourth-order valence-electron chi connectivity index (χ4n) is 0.608. The van der Waals surface area contributed by atoms with Crippen molar-refractivity contribution in [2.24, 2.45) is 0 Å². The molecule has 13 heavy (non-hydrogen) atoms. The zero-order valence-corrected chi connectivity index (χ0v) is 8.65. The van der Waals surface area contributed by atoms with Gasteiger partial charge in [-0.25, -0.2) is 4.79 Å². The molecule has 0 saturated carbocycles. The minimum absolute atomic E-state index is 0.0984. The molecule has 0 aliphatic carbocycles. The standard InChI is InChI=1S/C6H8INO5/c7-2-4(9)8-3(6(12)13)1-5(10)11/h3H,1-2H2,(H,8,9)(H,10,11)(H,12,13). The molecule has 0 rings (SSSR count). The second-order valence-corrected chi connectivity index (χ2v) is 2.95. The lowest BCUT2D eigenvalue weighted by Crippen LogP contribution is -2.42. The zero-order chi connectivity index (χ0) is 10.4. The predicted octanol–water partition coefficient (Wildman–Crippen LogP) is -0.535.